The predicted molar refractivity (Wildman–Crippen MR) is 56.7 cm³/mol. The molecule has 0 aromatic heterocycles. The Kier molecular flexibility index (Phi) is 4.24. The Labute approximate surface area is 85.4 Å². The Morgan fingerprint density at radius 3 is 2.79 bits per heavy atom. The molecule has 14 heavy (non-hydrogen) atoms. The summed E-state index contributed by atoms with van der Waals surface area (Å²) in [6.45, 7) is 0.665. The zero-order valence-electron chi connectivity index (χ0n) is 8.74. The molecule has 0 aromatic carbocycles. The fourth-order valence-corrected chi connectivity index (χ4v) is 1.65. The highest BCUT2D eigenvalue weighted by molar-refractivity contribution is 5.78. The molecule has 4 nitrogen and oxygen atoms in total. The van der Waals surface area contributed by atoms with Crippen molar-refractivity contribution in [2.24, 2.45) is 10.7 Å². The van der Waals surface area contributed by atoms with E-state index in [1.165, 1.54) is 12.8 Å². The lowest BCUT2D eigenvalue weighted by Gasteiger charge is -2.17. The van der Waals surface area contributed by atoms with Gasteiger partial charge in [0.05, 0.1) is 18.5 Å². The van der Waals surface area contributed by atoms with E-state index in [4.69, 9.17) is 11.0 Å². The van der Waals surface area contributed by atoms with Crippen LogP contribution in [0, 0.1) is 11.3 Å². The van der Waals surface area contributed by atoms with Gasteiger partial charge in [0.2, 0.25) is 0 Å². The summed E-state index contributed by atoms with van der Waals surface area (Å²) in [4.78, 5) is 6.29. The minimum Gasteiger partial charge on any atom is -0.370 e. The quantitative estimate of drug-likeness (QED) is 0.540. The van der Waals surface area contributed by atoms with Gasteiger partial charge in [0.1, 0.15) is 0 Å². The summed E-state index contributed by atoms with van der Waals surface area (Å²) >= 11 is 0. The van der Waals surface area contributed by atoms with E-state index in [0.29, 0.717) is 25.0 Å². The summed E-state index contributed by atoms with van der Waals surface area (Å²) in [5.41, 5.74) is 5.80. The molecule has 1 aliphatic carbocycles. The second-order valence-electron chi connectivity index (χ2n) is 3.76. The highest BCUT2D eigenvalue weighted by Crippen LogP contribution is 2.20. The molecule has 4 heteroatoms. The van der Waals surface area contributed by atoms with Gasteiger partial charge in [-0.2, -0.15) is 5.26 Å². The molecule has 0 radical (unpaired) electrons. The van der Waals surface area contributed by atoms with Crippen LogP contribution in [0.15, 0.2) is 4.99 Å². The van der Waals surface area contributed by atoms with Crippen molar-refractivity contribution in [1.82, 2.24) is 4.90 Å². The lowest BCUT2D eigenvalue weighted by atomic mass is 10.3. The smallest absolute Gasteiger partial charge is 0.191 e. The molecule has 0 saturated heterocycles. The van der Waals surface area contributed by atoms with Gasteiger partial charge >= 0.3 is 0 Å². The number of hydrogen-bond acceptors (Lipinski definition) is 2. The van der Waals surface area contributed by atoms with Crippen LogP contribution in [-0.4, -0.2) is 30.5 Å². The molecular weight excluding hydrogens is 176 g/mol. The summed E-state index contributed by atoms with van der Waals surface area (Å²) in [6.07, 6.45) is 5.35. The average Bonchev–Trinajstić information content (AvgIpc) is 2.66. The number of nitriles is 1. The van der Waals surface area contributed by atoms with Crippen LogP contribution >= 0.6 is 0 Å². The molecule has 0 unspecified atom stereocenters. The Morgan fingerprint density at radius 2 is 2.21 bits per heavy atom. The molecule has 0 spiro atoms. The van der Waals surface area contributed by atoms with Gasteiger partial charge in [-0.1, -0.05) is 12.8 Å². The first-order chi connectivity index (χ1) is 6.74. The molecule has 0 heterocycles. The molecular formula is C10H18N4. The van der Waals surface area contributed by atoms with E-state index in [1.807, 2.05) is 11.9 Å². The maximum absolute atomic E-state index is 8.42. The van der Waals surface area contributed by atoms with E-state index in [2.05, 4.69) is 11.1 Å². The normalized spacial score (nSPS) is 18.1. The second-order valence-corrected chi connectivity index (χ2v) is 3.76. The van der Waals surface area contributed by atoms with Crippen LogP contribution in [0.1, 0.15) is 32.1 Å². The third-order valence-electron chi connectivity index (χ3n) is 2.59. The zero-order valence-corrected chi connectivity index (χ0v) is 8.74. The first-order valence-electron chi connectivity index (χ1n) is 5.15. The number of hydrogen-bond donors (Lipinski definition) is 1. The molecule has 78 valence electrons. The number of guanidine groups is 1. The van der Waals surface area contributed by atoms with Gasteiger partial charge in [-0.15, -0.1) is 0 Å². The second kappa shape index (κ2) is 5.48. The van der Waals surface area contributed by atoms with Gasteiger partial charge in [-0.05, 0) is 12.8 Å². The number of nitrogens with two attached hydrogens (primary N) is 1. The molecule has 0 amide bonds. The monoisotopic (exact) mass is 194 g/mol. The van der Waals surface area contributed by atoms with Gasteiger partial charge in [-0.25, -0.2) is 4.99 Å². The van der Waals surface area contributed by atoms with E-state index in [-0.39, 0.29) is 0 Å². The first-order valence-corrected chi connectivity index (χ1v) is 5.15. The van der Waals surface area contributed by atoms with Crippen molar-refractivity contribution in [3.05, 3.63) is 0 Å². The van der Waals surface area contributed by atoms with E-state index < -0.39 is 0 Å². The van der Waals surface area contributed by atoms with Gasteiger partial charge in [0.15, 0.2) is 5.96 Å². The van der Waals surface area contributed by atoms with Crippen LogP contribution in [0.4, 0.5) is 0 Å². The first kappa shape index (κ1) is 10.8. The Bertz CT molecular complexity index is 235. The number of nitrogens with zero attached hydrogens (tertiary/aromatic N) is 3. The molecule has 1 rings (SSSR count). The molecule has 2 N–H and O–H groups in total. The highest BCUT2D eigenvalue weighted by atomic mass is 15.2. The predicted octanol–water partition coefficient (Wildman–Crippen LogP) is 1.09. The van der Waals surface area contributed by atoms with Gasteiger partial charge in [0.25, 0.3) is 0 Å². The summed E-state index contributed by atoms with van der Waals surface area (Å²) in [7, 11) is 1.88. The van der Waals surface area contributed by atoms with Crippen molar-refractivity contribution < 1.29 is 0 Å². The van der Waals surface area contributed by atoms with Crippen molar-refractivity contribution in [3.63, 3.8) is 0 Å². The molecule has 1 fully saturated rings. The van der Waals surface area contributed by atoms with Crippen LogP contribution in [0.5, 0.6) is 0 Å². The third-order valence-corrected chi connectivity index (χ3v) is 2.59. The van der Waals surface area contributed by atoms with Gasteiger partial charge in [0, 0.05) is 13.6 Å². The largest absolute Gasteiger partial charge is 0.370 e. The van der Waals surface area contributed by atoms with E-state index in [9.17, 15) is 0 Å². The van der Waals surface area contributed by atoms with E-state index >= 15 is 0 Å². The van der Waals surface area contributed by atoms with Crippen molar-refractivity contribution >= 4 is 5.96 Å². The van der Waals surface area contributed by atoms with Gasteiger partial charge in [-0.3, -0.25) is 0 Å². The van der Waals surface area contributed by atoms with E-state index in [0.717, 1.165) is 12.8 Å². The fraction of sp³-hybridized carbons (Fsp3) is 0.800. The average molecular weight is 194 g/mol. The fourth-order valence-electron chi connectivity index (χ4n) is 1.65. The van der Waals surface area contributed by atoms with Crippen LogP contribution in [0.25, 0.3) is 0 Å². The van der Waals surface area contributed by atoms with Gasteiger partial charge < -0.3 is 10.6 Å². The highest BCUT2D eigenvalue weighted by Gasteiger charge is 2.14. The third kappa shape index (κ3) is 3.25. The topological polar surface area (TPSA) is 65.4 Å². The van der Waals surface area contributed by atoms with Crippen LogP contribution in [-0.2, 0) is 0 Å². The van der Waals surface area contributed by atoms with Crippen molar-refractivity contribution in [2.45, 2.75) is 38.1 Å². The minimum atomic E-state index is 0.416. The lowest BCUT2D eigenvalue weighted by Crippen LogP contribution is -2.35. The van der Waals surface area contributed by atoms with Crippen LogP contribution in [0.2, 0.25) is 0 Å². The molecule has 0 atom stereocenters. The van der Waals surface area contributed by atoms with Crippen molar-refractivity contribution in [3.8, 4) is 6.07 Å². The molecule has 1 aliphatic rings. The summed E-state index contributed by atoms with van der Waals surface area (Å²) in [5.74, 6) is 0.576. The Balaban J connectivity index is 2.37. The SMILES string of the molecule is CN(CCC#N)C(N)=NC1CCCC1. The van der Waals surface area contributed by atoms with E-state index in [1.54, 1.807) is 0 Å². The molecule has 0 bridgehead atoms. The molecule has 1 saturated carbocycles. The Hall–Kier alpha value is -1.24. The maximum Gasteiger partial charge on any atom is 0.191 e. The standard InChI is InChI=1S/C10H18N4/c1-14(8-4-7-11)10(12)13-9-5-2-3-6-9/h9H,2-6,8H2,1H3,(H2,12,13). The lowest BCUT2D eigenvalue weighted by molar-refractivity contribution is 0.501. The summed E-state index contributed by atoms with van der Waals surface area (Å²) < 4.78 is 0. The zero-order chi connectivity index (χ0) is 10.4. The molecule has 0 aliphatic heterocycles. The van der Waals surface area contributed by atoms with Crippen LogP contribution < -0.4 is 5.73 Å². The van der Waals surface area contributed by atoms with Crippen molar-refractivity contribution in [2.75, 3.05) is 13.6 Å². The van der Waals surface area contributed by atoms with Crippen molar-refractivity contribution in [1.29, 1.82) is 5.26 Å². The maximum atomic E-state index is 8.42. The molecule has 0 aromatic rings. The minimum absolute atomic E-state index is 0.416. The van der Waals surface area contributed by atoms with Crippen LogP contribution in [0.3, 0.4) is 0 Å². The Morgan fingerprint density at radius 1 is 1.57 bits per heavy atom. The summed E-state index contributed by atoms with van der Waals surface area (Å²) in [6, 6.07) is 2.51. The number of aliphatic imine (C=N–C) groups is 1. The summed E-state index contributed by atoms with van der Waals surface area (Å²) in [5, 5.41) is 8.42. The number of rotatable bonds is 3.